The minimum absolute atomic E-state index is 0.221. The van der Waals surface area contributed by atoms with Crippen LogP contribution in [0.2, 0.25) is 0 Å². The van der Waals surface area contributed by atoms with Crippen LogP contribution in [0.15, 0.2) is 4.42 Å². The normalized spacial score (nSPS) is 19.2. The van der Waals surface area contributed by atoms with Crippen molar-refractivity contribution in [1.82, 2.24) is 10.2 Å². The van der Waals surface area contributed by atoms with Gasteiger partial charge in [0.1, 0.15) is 5.38 Å². The van der Waals surface area contributed by atoms with Gasteiger partial charge in [0.25, 0.3) is 0 Å². The number of anilines is 1. The summed E-state index contributed by atoms with van der Waals surface area (Å²) in [6, 6.07) is 1.18. The van der Waals surface area contributed by atoms with E-state index in [2.05, 4.69) is 22.0 Å². The van der Waals surface area contributed by atoms with Gasteiger partial charge in [-0.25, -0.2) is 0 Å². The first-order chi connectivity index (χ1) is 8.22. The van der Waals surface area contributed by atoms with Crippen LogP contribution in [0, 0.1) is 0 Å². The second kappa shape index (κ2) is 5.71. The minimum Gasteiger partial charge on any atom is -0.406 e. The lowest BCUT2D eigenvalue weighted by molar-refractivity contribution is 0.389. The predicted octanol–water partition coefficient (Wildman–Crippen LogP) is 3.53. The molecule has 4 nitrogen and oxygen atoms in total. The van der Waals surface area contributed by atoms with E-state index in [1.807, 2.05) is 6.92 Å². The van der Waals surface area contributed by atoms with Gasteiger partial charge >= 0.3 is 6.01 Å². The molecule has 1 heterocycles. The van der Waals surface area contributed by atoms with E-state index >= 15 is 0 Å². The molecule has 2 rings (SSSR count). The van der Waals surface area contributed by atoms with E-state index in [0.717, 1.165) is 6.54 Å². The first kappa shape index (κ1) is 12.7. The number of aromatic nitrogens is 2. The van der Waals surface area contributed by atoms with Crippen LogP contribution >= 0.6 is 11.6 Å². The van der Waals surface area contributed by atoms with Crippen LogP contribution in [-0.4, -0.2) is 22.8 Å². The van der Waals surface area contributed by atoms with Crippen molar-refractivity contribution in [1.29, 1.82) is 0 Å². The molecule has 0 spiro atoms. The predicted molar refractivity (Wildman–Crippen MR) is 68.5 cm³/mol. The molecule has 0 bridgehead atoms. The summed E-state index contributed by atoms with van der Waals surface area (Å²) in [5.41, 5.74) is 0. The summed E-state index contributed by atoms with van der Waals surface area (Å²) in [7, 11) is 0. The van der Waals surface area contributed by atoms with E-state index in [-0.39, 0.29) is 5.38 Å². The first-order valence-corrected chi connectivity index (χ1v) is 6.90. The van der Waals surface area contributed by atoms with Crippen LogP contribution < -0.4 is 4.90 Å². The Bertz CT molecular complexity index is 347. The largest absolute Gasteiger partial charge is 0.406 e. The maximum atomic E-state index is 5.94. The zero-order valence-electron chi connectivity index (χ0n) is 10.5. The molecule has 1 unspecified atom stereocenters. The lowest BCUT2D eigenvalue weighted by Gasteiger charge is -2.31. The Morgan fingerprint density at radius 1 is 1.35 bits per heavy atom. The van der Waals surface area contributed by atoms with Gasteiger partial charge in [0, 0.05) is 12.6 Å². The Hall–Kier alpha value is -0.770. The highest BCUT2D eigenvalue weighted by Crippen LogP contribution is 2.28. The van der Waals surface area contributed by atoms with E-state index in [1.54, 1.807) is 0 Å². The number of hydrogen-bond acceptors (Lipinski definition) is 4. The fraction of sp³-hybridized carbons (Fsp3) is 0.833. The second-order valence-electron chi connectivity index (χ2n) is 4.62. The Morgan fingerprint density at radius 2 is 2.06 bits per heavy atom. The minimum atomic E-state index is -0.221. The Kier molecular flexibility index (Phi) is 4.26. The number of alkyl halides is 1. The summed E-state index contributed by atoms with van der Waals surface area (Å²) < 4.78 is 5.62. The Balaban J connectivity index is 2.10. The maximum Gasteiger partial charge on any atom is 0.318 e. The molecule has 1 aromatic heterocycles. The van der Waals surface area contributed by atoms with Crippen LogP contribution in [0.25, 0.3) is 0 Å². The summed E-state index contributed by atoms with van der Waals surface area (Å²) in [6.45, 7) is 4.88. The molecular weight excluding hydrogens is 238 g/mol. The molecule has 1 fully saturated rings. The van der Waals surface area contributed by atoms with E-state index in [9.17, 15) is 0 Å². The monoisotopic (exact) mass is 257 g/mol. The van der Waals surface area contributed by atoms with Crippen molar-refractivity contribution < 1.29 is 4.42 Å². The van der Waals surface area contributed by atoms with Gasteiger partial charge in [-0.15, -0.1) is 16.7 Å². The highest BCUT2D eigenvalue weighted by molar-refractivity contribution is 6.20. The molecule has 1 aliphatic carbocycles. The number of rotatable bonds is 4. The summed E-state index contributed by atoms with van der Waals surface area (Å²) in [5, 5.41) is 7.88. The van der Waals surface area contributed by atoms with Gasteiger partial charge < -0.3 is 9.32 Å². The number of hydrogen-bond donors (Lipinski definition) is 0. The fourth-order valence-corrected chi connectivity index (χ4v) is 2.53. The van der Waals surface area contributed by atoms with Gasteiger partial charge in [-0.05, 0) is 26.7 Å². The molecule has 1 atom stereocenters. The molecule has 1 saturated carbocycles. The third-order valence-corrected chi connectivity index (χ3v) is 3.56. The van der Waals surface area contributed by atoms with Crippen molar-refractivity contribution >= 4 is 17.6 Å². The average molecular weight is 258 g/mol. The van der Waals surface area contributed by atoms with Crippen molar-refractivity contribution in [3.8, 4) is 0 Å². The van der Waals surface area contributed by atoms with Gasteiger partial charge in [0.15, 0.2) is 0 Å². The first-order valence-electron chi connectivity index (χ1n) is 6.46. The third kappa shape index (κ3) is 2.92. The summed E-state index contributed by atoms with van der Waals surface area (Å²) in [4.78, 5) is 2.22. The highest BCUT2D eigenvalue weighted by Gasteiger charge is 2.24. The van der Waals surface area contributed by atoms with Crippen molar-refractivity contribution in [2.75, 3.05) is 11.4 Å². The molecule has 0 aromatic carbocycles. The molecule has 0 N–H and O–H groups in total. The van der Waals surface area contributed by atoms with Gasteiger partial charge in [-0.1, -0.05) is 24.4 Å². The molecule has 0 radical (unpaired) electrons. The fourth-order valence-electron chi connectivity index (χ4n) is 2.45. The molecule has 5 heteroatoms. The molecule has 1 aliphatic rings. The molecule has 0 amide bonds. The van der Waals surface area contributed by atoms with Gasteiger partial charge in [-0.2, -0.15) is 0 Å². The van der Waals surface area contributed by atoms with Crippen LogP contribution in [0.3, 0.4) is 0 Å². The van der Waals surface area contributed by atoms with E-state index in [0.29, 0.717) is 17.9 Å². The van der Waals surface area contributed by atoms with E-state index < -0.39 is 0 Å². The van der Waals surface area contributed by atoms with Crippen LogP contribution in [0.4, 0.5) is 6.01 Å². The Morgan fingerprint density at radius 3 is 2.59 bits per heavy atom. The standard InChI is InChI=1S/C12H20ClN3O/c1-3-16(10-7-5-4-6-8-10)12-15-14-11(17-12)9(2)13/h9-10H,3-8H2,1-2H3. The van der Waals surface area contributed by atoms with Crippen LogP contribution in [0.1, 0.15) is 57.2 Å². The summed E-state index contributed by atoms with van der Waals surface area (Å²) >= 11 is 5.94. The summed E-state index contributed by atoms with van der Waals surface area (Å²) in [6.07, 6.45) is 6.40. The Labute approximate surface area is 107 Å². The molecule has 0 aliphatic heterocycles. The quantitative estimate of drug-likeness (QED) is 0.774. The maximum absolute atomic E-state index is 5.94. The van der Waals surface area contributed by atoms with Crippen molar-refractivity contribution in [2.24, 2.45) is 0 Å². The molecule has 17 heavy (non-hydrogen) atoms. The smallest absolute Gasteiger partial charge is 0.318 e. The average Bonchev–Trinajstić information content (AvgIpc) is 2.81. The lowest BCUT2D eigenvalue weighted by Crippen LogP contribution is -2.36. The molecule has 0 saturated heterocycles. The van der Waals surface area contributed by atoms with Crippen LogP contribution in [0.5, 0.6) is 0 Å². The second-order valence-corrected chi connectivity index (χ2v) is 5.27. The molecule has 96 valence electrons. The van der Waals surface area contributed by atoms with Crippen molar-refractivity contribution in [2.45, 2.75) is 57.4 Å². The molecular formula is C12H20ClN3O. The van der Waals surface area contributed by atoms with Gasteiger partial charge in [-0.3, -0.25) is 0 Å². The van der Waals surface area contributed by atoms with Crippen LogP contribution in [-0.2, 0) is 0 Å². The highest BCUT2D eigenvalue weighted by atomic mass is 35.5. The zero-order chi connectivity index (χ0) is 12.3. The zero-order valence-corrected chi connectivity index (χ0v) is 11.3. The van der Waals surface area contributed by atoms with E-state index in [1.165, 1.54) is 32.1 Å². The lowest BCUT2D eigenvalue weighted by atomic mass is 9.94. The molecule has 1 aromatic rings. The van der Waals surface area contributed by atoms with Crippen molar-refractivity contribution in [3.63, 3.8) is 0 Å². The third-order valence-electron chi connectivity index (χ3n) is 3.37. The number of halogens is 1. The van der Waals surface area contributed by atoms with E-state index in [4.69, 9.17) is 16.0 Å². The van der Waals surface area contributed by atoms with Gasteiger partial charge in [0.2, 0.25) is 5.89 Å². The van der Waals surface area contributed by atoms with Crippen molar-refractivity contribution in [3.05, 3.63) is 5.89 Å². The number of nitrogens with zero attached hydrogens (tertiary/aromatic N) is 3. The summed E-state index contributed by atoms with van der Waals surface area (Å²) in [5.74, 6) is 0.510. The SMILES string of the molecule is CCN(c1nnc(C(C)Cl)o1)C1CCCCC1. The topological polar surface area (TPSA) is 42.2 Å². The van der Waals surface area contributed by atoms with Gasteiger partial charge in [0.05, 0.1) is 0 Å².